The smallest absolute Gasteiger partial charge is 0.222 e. The number of nitrogens with zero attached hydrogens (tertiary/aromatic N) is 1. The highest BCUT2D eigenvalue weighted by atomic mass is 32.1. The molecule has 1 N–H and O–H groups in total. The van der Waals surface area contributed by atoms with E-state index in [-0.39, 0.29) is 5.78 Å². The Morgan fingerprint density at radius 1 is 1.29 bits per heavy atom. The summed E-state index contributed by atoms with van der Waals surface area (Å²) < 4.78 is 5.20. The minimum absolute atomic E-state index is 0.0664. The van der Waals surface area contributed by atoms with Crippen LogP contribution in [0.5, 0.6) is 5.75 Å². The minimum atomic E-state index is -0.0664. The van der Waals surface area contributed by atoms with E-state index in [1.165, 1.54) is 6.42 Å². The van der Waals surface area contributed by atoms with Crippen molar-refractivity contribution in [2.45, 2.75) is 19.3 Å². The third-order valence-electron chi connectivity index (χ3n) is 3.97. The van der Waals surface area contributed by atoms with Crippen LogP contribution in [0, 0.1) is 0 Å². The summed E-state index contributed by atoms with van der Waals surface area (Å²) in [4.78, 5) is 18.2. The number of Topliss-reactive ketones (excluding diaryl/α,β-unsaturated/α-hetero) is 1. The highest BCUT2D eigenvalue weighted by Gasteiger charge is 2.23. The summed E-state index contributed by atoms with van der Waals surface area (Å²) >= 11 is 5.39. The zero-order valence-corrected chi connectivity index (χ0v) is 12.8. The summed E-state index contributed by atoms with van der Waals surface area (Å²) in [6.45, 7) is 1.78. The summed E-state index contributed by atoms with van der Waals surface area (Å²) in [6, 6.07) is 5.64. The van der Waals surface area contributed by atoms with Crippen LogP contribution in [0.15, 0.2) is 24.4 Å². The summed E-state index contributed by atoms with van der Waals surface area (Å²) in [5.41, 5.74) is 1.53. The van der Waals surface area contributed by atoms with E-state index in [0.29, 0.717) is 10.6 Å². The van der Waals surface area contributed by atoms with Gasteiger partial charge in [-0.15, -0.1) is 0 Å². The predicted octanol–water partition coefficient (Wildman–Crippen LogP) is 3.17. The second-order valence-electron chi connectivity index (χ2n) is 5.30. The molecule has 3 rings (SSSR count). The normalized spacial score (nSPS) is 15.2. The molecule has 1 fully saturated rings. The number of nitrogens with one attached hydrogen (secondary N) is 1. The number of hydrogen-bond donors (Lipinski definition) is 1. The maximum Gasteiger partial charge on any atom is 0.222 e. The number of H-pyrrole nitrogens is 1. The number of fused-ring (bicyclic) bond motifs is 1. The van der Waals surface area contributed by atoms with Crippen molar-refractivity contribution >= 4 is 33.9 Å². The molecule has 0 bridgehead atoms. The van der Waals surface area contributed by atoms with E-state index in [2.05, 4.69) is 4.98 Å². The zero-order valence-electron chi connectivity index (χ0n) is 12.0. The highest BCUT2D eigenvalue weighted by molar-refractivity contribution is 7.82. The fourth-order valence-corrected chi connectivity index (χ4v) is 3.07. The Kier molecular flexibility index (Phi) is 3.92. The molecule has 0 saturated carbocycles. The Morgan fingerprint density at radius 3 is 2.76 bits per heavy atom. The lowest BCUT2D eigenvalue weighted by atomic mass is 10.1. The van der Waals surface area contributed by atoms with Gasteiger partial charge >= 0.3 is 0 Å². The number of thiocarbonyl (C=S) groups is 1. The van der Waals surface area contributed by atoms with E-state index in [1.807, 2.05) is 23.1 Å². The fourth-order valence-electron chi connectivity index (χ4n) is 2.78. The summed E-state index contributed by atoms with van der Waals surface area (Å²) in [5, 5.41) is 0.889. The topological polar surface area (TPSA) is 45.3 Å². The Balaban J connectivity index is 1.89. The van der Waals surface area contributed by atoms with Crippen molar-refractivity contribution in [3.05, 3.63) is 30.0 Å². The fraction of sp³-hybridized carbons (Fsp3) is 0.375. The van der Waals surface area contributed by atoms with Crippen LogP contribution in [0.4, 0.5) is 0 Å². The van der Waals surface area contributed by atoms with E-state index < -0.39 is 0 Å². The van der Waals surface area contributed by atoms with Crippen molar-refractivity contribution in [2.75, 3.05) is 20.2 Å². The van der Waals surface area contributed by atoms with Gasteiger partial charge in [0, 0.05) is 36.3 Å². The SMILES string of the molecule is COc1ccc2c(C(=O)C(=S)N3CCCCC3)c[nH]c2c1. The maximum atomic E-state index is 12.6. The first-order valence-corrected chi connectivity index (χ1v) is 7.60. The highest BCUT2D eigenvalue weighted by Crippen LogP contribution is 2.24. The van der Waals surface area contributed by atoms with Gasteiger partial charge in [0.05, 0.1) is 12.7 Å². The first kappa shape index (κ1) is 14.1. The second-order valence-corrected chi connectivity index (χ2v) is 5.68. The molecule has 21 heavy (non-hydrogen) atoms. The predicted molar refractivity (Wildman–Crippen MR) is 87.2 cm³/mol. The lowest BCUT2D eigenvalue weighted by molar-refractivity contribution is 0.105. The molecular weight excluding hydrogens is 284 g/mol. The Hall–Kier alpha value is -1.88. The average molecular weight is 302 g/mol. The van der Waals surface area contributed by atoms with Gasteiger partial charge in [0.1, 0.15) is 5.75 Å². The van der Waals surface area contributed by atoms with E-state index in [1.54, 1.807) is 13.3 Å². The van der Waals surface area contributed by atoms with E-state index >= 15 is 0 Å². The quantitative estimate of drug-likeness (QED) is 0.699. The zero-order chi connectivity index (χ0) is 14.8. The molecule has 0 atom stereocenters. The van der Waals surface area contributed by atoms with Crippen LogP contribution in [0.1, 0.15) is 29.6 Å². The summed E-state index contributed by atoms with van der Waals surface area (Å²) in [7, 11) is 1.63. The molecule has 2 aromatic rings. The largest absolute Gasteiger partial charge is 0.497 e. The van der Waals surface area contributed by atoms with Crippen LogP contribution in [0.2, 0.25) is 0 Å². The van der Waals surface area contributed by atoms with Crippen molar-refractivity contribution < 1.29 is 9.53 Å². The number of methoxy groups -OCH3 is 1. The van der Waals surface area contributed by atoms with E-state index in [4.69, 9.17) is 17.0 Å². The van der Waals surface area contributed by atoms with Gasteiger partial charge < -0.3 is 14.6 Å². The molecule has 110 valence electrons. The first-order chi connectivity index (χ1) is 10.2. The third kappa shape index (κ3) is 2.65. The standard InChI is InChI=1S/C16H18N2O2S/c1-20-11-5-6-12-13(10-17-14(12)9-11)15(19)16(21)18-7-3-2-4-8-18/h5-6,9-10,17H,2-4,7-8H2,1H3. The van der Waals surface area contributed by atoms with Crippen molar-refractivity contribution in [2.24, 2.45) is 0 Å². The maximum absolute atomic E-state index is 12.6. The molecule has 1 aromatic heterocycles. The van der Waals surface area contributed by atoms with Gasteiger partial charge in [0.15, 0.2) is 4.99 Å². The van der Waals surface area contributed by atoms with Crippen molar-refractivity contribution in [3.63, 3.8) is 0 Å². The van der Waals surface area contributed by atoms with Crippen LogP contribution in [-0.2, 0) is 0 Å². The van der Waals surface area contributed by atoms with Gasteiger partial charge in [-0.05, 0) is 31.4 Å². The van der Waals surface area contributed by atoms with Gasteiger partial charge in [-0.3, -0.25) is 4.79 Å². The molecule has 0 amide bonds. The molecule has 0 spiro atoms. The molecule has 0 radical (unpaired) electrons. The van der Waals surface area contributed by atoms with Gasteiger partial charge in [0.25, 0.3) is 0 Å². The van der Waals surface area contributed by atoms with Crippen LogP contribution in [0.3, 0.4) is 0 Å². The van der Waals surface area contributed by atoms with Gasteiger partial charge in [0.2, 0.25) is 5.78 Å². The van der Waals surface area contributed by atoms with Crippen molar-refractivity contribution in [3.8, 4) is 5.75 Å². The number of likely N-dealkylation sites (tertiary alicyclic amines) is 1. The van der Waals surface area contributed by atoms with Crippen LogP contribution in [0.25, 0.3) is 10.9 Å². The molecule has 1 aliphatic heterocycles. The molecule has 5 heteroatoms. The lowest BCUT2D eigenvalue weighted by Gasteiger charge is -2.28. The number of rotatable bonds is 3. The third-order valence-corrected chi connectivity index (χ3v) is 4.41. The number of carbonyl (C=O) groups is 1. The van der Waals surface area contributed by atoms with E-state index in [0.717, 1.165) is 42.6 Å². The summed E-state index contributed by atoms with van der Waals surface area (Å²) in [5.74, 6) is 0.699. The molecule has 1 aromatic carbocycles. The Labute approximate surface area is 129 Å². The molecule has 1 saturated heterocycles. The van der Waals surface area contributed by atoms with Crippen molar-refractivity contribution in [1.82, 2.24) is 9.88 Å². The molecule has 0 aliphatic carbocycles. The Bertz CT molecular complexity index is 687. The second kappa shape index (κ2) is 5.85. The number of benzene rings is 1. The summed E-state index contributed by atoms with van der Waals surface area (Å²) in [6.07, 6.45) is 5.18. The molecule has 2 heterocycles. The molecular formula is C16H18N2O2S. The number of carbonyl (C=O) groups excluding carboxylic acids is 1. The van der Waals surface area contributed by atoms with Gasteiger partial charge in [-0.2, -0.15) is 0 Å². The molecule has 0 unspecified atom stereocenters. The van der Waals surface area contributed by atoms with Crippen LogP contribution >= 0.6 is 12.2 Å². The minimum Gasteiger partial charge on any atom is -0.497 e. The number of aromatic nitrogens is 1. The number of aromatic amines is 1. The number of ether oxygens (including phenoxy) is 1. The van der Waals surface area contributed by atoms with Gasteiger partial charge in [-0.1, -0.05) is 12.2 Å². The Morgan fingerprint density at radius 2 is 2.05 bits per heavy atom. The molecule has 4 nitrogen and oxygen atoms in total. The van der Waals surface area contributed by atoms with Gasteiger partial charge in [-0.25, -0.2) is 0 Å². The van der Waals surface area contributed by atoms with E-state index in [9.17, 15) is 4.79 Å². The van der Waals surface area contributed by atoms with Crippen LogP contribution in [-0.4, -0.2) is 40.9 Å². The number of ketones is 1. The first-order valence-electron chi connectivity index (χ1n) is 7.19. The number of hydrogen-bond acceptors (Lipinski definition) is 3. The van der Waals surface area contributed by atoms with Crippen LogP contribution < -0.4 is 4.74 Å². The lowest BCUT2D eigenvalue weighted by Crippen LogP contribution is -2.38. The number of piperidine rings is 1. The monoisotopic (exact) mass is 302 g/mol. The van der Waals surface area contributed by atoms with Crippen molar-refractivity contribution in [1.29, 1.82) is 0 Å². The average Bonchev–Trinajstić information content (AvgIpc) is 2.97. The molecule has 1 aliphatic rings.